The van der Waals surface area contributed by atoms with E-state index >= 15 is 0 Å². The first-order chi connectivity index (χ1) is 11.5. The first-order valence-electron chi connectivity index (χ1n) is 7.46. The number of ketones is 1. The highest BCUT2D eigenvalue weighted by Gasteiger charge is 2.16. The Hall–Kier alpha value is -2.82. The summed E-state index contributed by atoms with van der Waals surface area (Å²) in [7, 11) is 3.01. The molecule has 0 aromatic heterocycles. The van der Waals surface area contributed by atoms with Gasteiger partial charge < -0.3 is 14.2 Å². The molecule has 0 unspecified atom stereocenters. The number of hydrogen-bond donors (Lipinski definition) is 0. The van der Waals surface area contributed by atoms with Gasteiger partial charge in [-0.05, 0) is 49.2 Å². The van der Waals surface area contributed by atoms with Crippen molar-refractivity contribution in [1.29, 1.82) is 0 Å². The summed E-state index contributed by atoms with van der Waals surface area (Å²) in [6.07, 6.45) is 0. The molecule has 5 nitrogen and oxygen atoms in total. The van der Waals surface area contributed by atoms with Gasteiger partial charge in [0.1, 0.15) is 0 Å². The zero-order chi connectivity index (χ0) is 17.7. The van der Waals surface area contributed by atoms with Crippen LogP contribution < -0.4 is 9.47 Å². The minimum Gasteiger partial charge on any atom is -0.493 e. The van der Waals surface area contributed by atoms with Gasteiger partial charge in [-0.15, -0.1) is 0 Å². The van der Waals surface area contributed by atoms with Crippen molar-refractivity contribution in [1.82, 2.24) is 0 Å². The average Bonchev–Trinajstić information content (AvgIpc) is 2.60. The third-order valence-electron chi connectivity index (χ3n) is 3.86. The standard InChI is InChI=1S/C19H20O5/c1-12-6-5-7-15(13(12)2)19(21)24-11-16(20)14-8-9-17(22-3)18(10-14)23-4/h5-10H,11H2,1-4H3. The number of ether oxygens (including phenoxy) is 3. The number of esters is 1. The molecule has 126 valence electrons. The number of methoxy groups -OCH3 is 2. The van der Waals surface area contributed by atoms with Crippen molar-refractivity contribution < 1.29 is 23.8 Å². The lowest BCUT2D eigenvalue weighted by atomic mass is 10.0. The number of carbonyl (C=O) groups is 2. The molecular formula is C19H20O5. The van der Waals surface area contributed by atoms with Crippen molar-refractivity contribution in [2.24, 2.45) is 0 Å². The van der Waals surface area contributed by atoms with E-state index in [9.17, 15) is 9.59 Å². The average molecular weight is 328 g/mol. The van der Waals surface area contributed by atoms with E-state index in [4.69, 9.17) is 14.2 Å². The molecule has 0 bridgehead atoms. The van der Waals surface area contributed by atoms with Crippen LogP contribution in [0, 0.1) is 13.8 Å². The van der Waals surface area contributed by atoms with Gasteiger partial charge in [-0.1, -0.05) is 12.1 Å². The van der Waals surface area contributed by atoms with Crippen LogP contribution in [0.2, 0.25) is 0 Å². The lowest BCUT2D eigenvalue weighted by Crippen LogP contribution is -2.15. The first kappa shape index (κ1) is 17.5. The first-order valence-corrected chi connectivity index (χ1v) is 7.46. The summed E-state index contributed by atoms with van der Waals surface area (Å²) in [4.78, 5) is 24.4. The molecular weight excluding hydrogens is 308 g/mol. The third kappa shape index (κ3) is 3.74. The molecule has 0 aliphatic carbocycles. The Balaban J connectivity index is 2.08. The van der Waals surface area contributed by atoms with Gasteiger partial charge in [0.2, 0.25) is 0 Å². The van der Waals surface area contributed by atoms with Crippen LogP contribution in [0.25, 0.3) is 0 Å². The van der Waals surface area contributed by atoms with Crippen molar-refractivity contribution in [3.8, 4) is 11.5 Å². The second kappa shape index (κ2) is 7.64. The molecule has 0 spiro atoms. The highest BCUT2D eigenvalue weighted by atomic mass is 16.5. The fraction of sp³-hybridized carbons (Fsp3) is 0.263. The molecule has 0 heterocycles. The molecule has 0 saturated heterocycles. The van der Waals surface area contributed by atoms with E-state index < -0.39 is 5.97 Å². The second-order valence-electron chi connectivity index (χ2n) is 5.32. The molecule has 0 aliphatic rings. The normalized spacial score (nSPS) is 10.2. The molecule has 0 saturated carbocycles. The smallest absolute Gasteiger partial charge is 0.338 e. The molecule has 0 atom stereocenters. The van der Waals surface area contributed by atoms with Crippen molar-refractivity contribution in [2.45, 2.75) is 13.8 Å². The minimum absolute atomic E-state index is 0.311. The number of hydrogen-bond acceptors (Lipinski definition) is 5. The molecule has 0 radical (unpaired) electrons. The maximum atomic E-state index is 12.2. The van der Waals surface area contributed by atoms with E-state index in [-0.39, 0.29) is 12.4 Å². The van der Waals surface area contributed by atoms with E-state index in [0.717, 1.165) is 11.1 Å². The van der Waals surface area contributed by atoms with Crippen LogP contribution >= 0.6 is 0 Å². The predicted molar refractivity (Wildman–Crippen MR) is 90.1 cm³/mol. The Labute approximate surface area is 141 Å². The summed E-state index contributed by atoms with van der Waals surface area (Å²) in [6.45, 7) is 3.44. The second-order valence-corrected chi connectivity index (χ2v) is 5.32. The van der Waals surface area contributed by atoms with Gasteiger partial charge in [0.05, 0.1) is 19.8 Å². The zero-order valence-corrected chi connectivity index (χ0v) is 14.2. The van der Waals surface area contributed by atoms with Gasteiger partial charge >= 0.3 is 5.97 Å². The summed E-state index contributed by atoms with van der Waals surface area (Å²) >= 11 is 0. The van der Waals surface area contributed by atoms with Crippen LogP contribution in [0.3, 0.4) is 0 Å². The molecule has 0 N–H and O–H groups in total. The van der Waals surface area contributed by atoms with E-state index in [1.807, 2.05) is 19.9 Å². The summed E-state index contributed by atoms with van der Waals surface area (Å²) in [6, 6.07) is 10.2. The Bertz CT molecular complexity index is 764. The van der Waals surface area contributed by atoms with Crippen molar-refractivity contribution >= 4 is 11.8 Å². The summed E-state index contributed by atoms with van der Waals surface area (Å²) in [5.74, 6) is 0.158. The lowest BCUT2D eigenvalue weighted by Gasteiger charge is -2.10. The van der Waals surface area contributed by atoms with E-state index in [1.165, 1.54) is 14.2 Å². The van der Waals surface area contributed by atoms with Gasteiger partial charge in [-0.25, -0.2) is 4.79 Å². The number of Topliss-reactive ketones (excluding diaryl/α,β-unsaturated/α-hetero) is 1. The maximum absolute atomic E-state index is 12.2. The van der Waals surface area contributed by atoms with Gasteiger partial charge in [-0.3, -0.25) is 4.79 Å². The molecule has 2 rings (SSSR count). The van der Waals surface area contributed by atoms with Crippen LogP contribution in [0.1, 0.15) is 31.8 Å². The predicted octanol–water partition coefficient (Wildman–Crippen LogP) is 3.36. The monoisotopic (exact) mass is 328 g/mol. The molecule has 24 heavy (non-hydrogen) atoms. The van der Waals surface area contributed by atoms with Crippen molar-refractivity contribution in [3.63, 3.8) is 0 Å². The Morgan fingerprint density at radius 1 is 0.958 bits per heavy atom. The van der Waals surface area contributed by atoms with Crippen molar-refractivity contribution in [3.05, 3.63) is 58.7 Å². The SMILES string of the molecule is COc1ccc(C(=O)COC(=O)c2cccc(C)c2C)cc1OC. The van der Waals surface area contributed by atoms with Crippen molar-refractivity contribution in [2.75, 3.05) is 20.8 Å². The highest BCUT2D eigenvalue weighted by Crippen LogP contribution is 2.27. The van der Waals surface area contributed by atoms with E-state index in [0.29, 0.717) is 22.6 Å². The highest BCUT2D eigenvalue weighted by molar-refractivity contribution is 6.00. The van der Waals surface area contributed by atoms with Crippen LogP contribution in [0.15, 0.2) is 36.4 Å². The molecule has 5 heteroatoms. The van der Waals surface area contributed by atoms with Crippen LogP contribution in [-0.2, 0) is 4.74 Å². The summed E-state index contributed by atoms with van der Waals surface area (Å²) in [5.41, 5.74) is 2.70. The van der Waals surface area contributed by atoms with E-state index in [1.54, 1.807) is 30.3 Å². The quantitative estimate of drug-likeness (QED) is 0.601. The van der Waals surface area contributed by atoms with Gasteiger partial charge in [-0.2, -0.15) is 0 Å². The number of benzene rings is 2. The third-order valence-corrected chi connectivity index (χ3v) is 3.86. The molecule has 2 aromatic rings. The fourth-order valence-corrected chi connectivity index (χ4v) is 2.27. The molecule has 0 fully saturated rings. The Morgan fingerprint density at radius 3 is 2.33 bits per heavy atom. The minimum atomic E-state index is -0.509. The Kier molecular flexibility index (Phi) is 5.58. The van der Waals surface area contributed by atoms with Gasteiger partial charge in [0.15, 0.2) is 23.9 Å². The molecule has 2 aromatic carbocycles. The summed E-state index contributed by atoms with van der Waals surface area (Å²) < 4.78 is 15.4. The lowest BCUT2D eigenvalue weighted by molar-refractivity contribution is 0.0474. The summed E-state index contributed by atoms with van der Waals surface area (Å²) in [5, 5.41) is 0. The molecule has 0 amide bonds. The number of aryl methyl sites for hydroxylation is 1. The number of carbonyl (C=O) groups excluding carboxylic acids is 2. The zero-order valence-electron chi connectivity index (χ0n) is 14.2. The van der Waals surface area contributed by atoms with Crippen LogP contribution in [0.5, 0.6) is 11.5 Å². The fourth-order valence-electron chi connectivity index (χ4n) is 2.27. The largest absolute Gasteiger partial charge is 0.493 e. The topological polar surface area (TPSA) is 61.8 Å². The van der Waals surface area contributed by atoms with Gasteiger partial charge in [0, 0.05) is 5.56 Å². The number of rotatable bonds is 6. The van der Waals surface area contributed by atoms with Crippen LogP contribution in [0.4, 0.5) is 0 Å². The molecule has 0 aliphatic heterocycles. The van der Waals surface area contributed by atoms with E-state index in [2.05, 4.69) is 0 Å². The maximum Gasteiger partial charge on any atom is 0.338 e. The van der Waals surface area contributed by atoms with Gasteiger partial charge in [0.25, 0.3) is 0 Å². The Morgan fingerprint density at radius 2 is 1.67 bits per heavy atom. The van der Waals surface area contributed by atoms with Crippen LogP contribution in [-0.4, -0.2) is 32.6 Å².